The van der Waals surface area contributed by atoms with E-state index in [0.29, 0.717) is 5.69 Å². The van der Waals surface area contributed by atoms with Gasteiger partial charge in [0.05, 0.1) is 5.56 Å². The molecule has 0 unspecified atom stereocenters. The van der Waals surface area contributed by atoms with Crippen LogP contribution in [0.25, 0.3) is 0 Å². The molecule has 0 aliphatic carbocycles. The van der Waals surface area contributed by atoms with Crippen LogP contribution < -0.4 is 5.32 Å². The van der Waals surface area contributed by atoms with Gasteiger partial charge in [0.15, 0.2) is 0 Å². The number of aryl methyl sites for hydroxylation is 2. The third-order valence-electron chi connectivity index (χ3n) is 2.85. The van der Waals surface area contributed by atoms with Crippen molar-refractivity contribution in [1.29, 1.82) is 0 Å². The number of carbonyl (C=O) groups is 1. The van der Waals surface area contributed by atoms with Gasteiger partial charge < -0.3 is 15.5 Å². The first-order chi connectivity index (χ1) is 8.97. The average Bonchev–Trinajstić information content (AvgIpc) is 2.35. The van der Waals surface area contributed by atoms with Crippen molar-refractivity contribution in [1.82, 2.24) is 0 Å². The van der Waals surface area contributed by atoms with Gasteiger partial charge in [-0.1, -0.05) is 11.6 Å². The lowest BCUT2D eigenvalue weighted by molar-refractivity contribution is 0.102. The van der Waals surface area contributed by atoms with Gasteiger partial charge in [0.1, 0.15) is 11.5 Å². The van der Waals surface area contributed by atoms with Gasteiger partial charge in [0, 0.05) is 5.69 Å². The highest BCUT2D eigenvalue weighted by molar-refractivity contribution is 6.06. The van der Waals surface area contributed by atoms with Crippen LogP contribution in [-0.2, 0) is 0 Å². The SMILES string of the molecule is Cc1ccc(O)c(C(=O)Nc2ccc(O)cc2C)c1. The number of aromatic hydroxyl groups is 2. The topological polar surface area (TPSA) is 69.6 Å². The van der Waals surface area contributed by atoms with Crippen LogP contribution in [0.3, 0.4) is 0 Å². The highest BCUT2D eigenvalue weighted by Crippen LogP contribution is 2.23. The van der Waals surface area contributed by atoms with Crippen molar-refractivity contribution in [3.8, 4) is 11.5 Å². The molecule has 98 valence electrons. The van der Waals surface area contributed by atoms with Crippen molar-refractivity contribution in [3.63, 3.8) is 0 Å². The molecule has 0 fully saturated rings. The fourth-order valence-corrected chi connectivity index (χ4v) is 1.81. The Bertz CT molecular complexity index is 635. The Kier molecular flexibility index (Phi) is 3.42. The van der Waals surface area contributed by atoms with E-state index in [0.717, 1.165) is 11.1 Å². The lowest BCUT2D eigenvalue weighted by atomic mass is 10.1. The second-order valence-electron chi connectivity index (χ2n) is 4.47. The molecule has 0 saturated heterocycles. The minimum absolute atomic E-state index is 0.0560. The smallest absolute Gasteiger partial charge is 0.259 e. The van der Waals surface area contributed by atoms with E-state index in [1.165, 1.54) is 12.1 Å². The Labute approximate surface area is 111 Å². The monoisotopic (exact) mass is 257 g/mol. The van der Waals surface area contributed by atoms with Crippen LogP contribution in [0.4, 0.5) is 5.69 Å². The van der Waals surface area contributed by atoms with Crippen LogP contribution in [0, 0.1) is 13.8 Å². The highest BCUT2D eigenvalue weighted by atomic mass is 16.3. The van der Waals surface area contributed by atoms with Gasteiger partial charge in [-0.15, -0.1) is 0 Å². The molecular formula is C15H15NO3. The number of hydrogen-bond acceptors (Lipinski definition) is 3. The molecular weight excluding hydrogens is 242 g/mol. The lowest BCUT2D eigenvalue weighted by Crippen LogP contribution is -2.13. The van der Waals surface area contributed by atoms with E-state index in [9.17, 15) is 15.0 Å². The van der Waals surface area contributed by atoms with E-state index in [1.807, 2.05) is 6.92 Å². The van der Waals surface area contributed by atoms with E-state index >= 15 is 0 Å². The fraction of sp³-hybridized carbons (Fsp3) is 0.133. The Morgan fingerprint density at radius 1 is 1.05 bits per heavy atom. The van der Waals surface area contributed by atoms with E-state index in [4.69, 9.17) is 0 Å². The van der Waals surface area contributed by atoms with Crippen LogP contribution in [0.1, 0.15) is 21.5 Å². The molecule has 0 saturated carbocycles. The molecule has 0 aliphatic rings. The first kappa shape index (κ1) is 13.0. The number of hydrogen-bond donors (Lipinski definition) is 3. The first-order valence-corrected chi connectivity index (χ1v) is 5.88. The third kappa shape index (κ3) is 2.85. The fourth-order valence-electron chi connectivity index (χ4n) is 1.81. The van der Waals surface area contributed by atoms with Gasteiger partial charge in [-0.2, -0.15) is 0 Å². The van der Waals surface area contributed by atoms with Crippen LogP contribution in [0.5, 0.6) is 11.5 Å². The summed E-state index contributed by atoms with van der Waals surface area (Å²) < 4.78 is 0. The molecule has 0 atom stereocenters. The van der Waals surface area contributed by atoms with Crippen molar-refractivity contribution in [2.24, 2.45) is 0 Å². The number of amides is 1. The molecule has 0 spiro atoms. The number of rotatable bonds is 2. The van der Waals surface area contributed by atoms with Crippen molar-refractivity contribution in [2.75, 3.05) is 5.32 Å². The van der Waals surface area contributed by atoms with E-state index in [-0.39, 0.29) is 23.0 Å². The zero-order valence-corrected chi connectivity index (χ0v) is 10.8. The van der Waals surface area contributed by atoms with Crippen molar-refractivity contribution >= 4 is 11.6 Å². The Morgan fingerprint density at radius 3 is 2.47 bits per heavy atom. The van der Waals surface area contributed by atoms with Gasteiger partial charge in [0.25, 0.3) is 5.91 Å². The van der Waals surface area contributed by atoms with Crippen LogP contribution >= 0.6 is 0 Å². The van der Waals surface area contributed by atoms with Gasteiger partial charge in [-0.25, -0.2) is 0 Å². The Balaban J connectivity index is 2.28. The quantitative estimate of drug-likeness (QED) is 0.724. The number of anilines is 1. The number of phenols is 2. The van der Waals surface area contributed by atoms with Crippen molar-refractivity contribution in [2.45, 2.75) is 13.8 Å². The second-order valence-corrected chi connectivity index (χ2v) is 4.47. The largest absolute Gasteiger partial charge is 0.508 e. The average molecular weight is 257 g/mol. The molecule has 4 heteroatoms. The Morgan fingerprint density at radius 2 is 1.79 bits per heavy atom. The summed E-state index contributed by atoms with van der Waals surface area (Å²) in [6, 6.07) is 9.53. The summed E-state index contributed by atoms with van der Waals surface area (Å²) in [6.45, 7) is 3.63. The molecule has 0 aliphatic heterocycles. The normalized spacial score (nSPS) is 10.2. The molecule has 4 nitrogen and oxygen atoms in total. The van der Waals surface area contributed by atoms with Crippen LogP contribution in [0.2, 0.25) is 0 Å². The summed E-state index contributed by atoms with van der Waals surface area (Å²) in [7, 11) is 0. The standard InChI is InChI=1S/C15H15NO3/c1-9-3-6-14(18)12(7-9)15(19)16-13-5-4-11(17)8-10(13)2/h3-8,17-18H,1-2H3,(H,16,19). The molecule has 2 aromatic rings. The van der Waals surface area contributed by atoms with Gasteiger partial charge >= 0.3 is 0 Å². The molecule has 3 N–H and O–H groups in total. The number of carbonyl (C=O) groups excluding carboxylic acids is 1. The van der Waals surface area contributed by atoms with Gasteiger partial charge in [0.2, 0.25) is 0 Å². The van der Waals surface area contributed by atoms with Crippen LogP contribution in [0.15, 0.2) is 36.4 Å². The van der Waals surface area contributed by atoms with Gasteiger partial charge in [-0.3, -0.25) is 4.79 Å². The molecule has 19 heavy (non-hydrogen) atoms. The minimum Gasteiger partial charge on any atom is -0.508 e. The van der Waals surface area contributed by atoms with E-state index < -0.39 is 0 Å². The summed E-state index contributed by atoms with van der Waals surface area (Å²) in [5.74, 6) is -0.288. The van der Waals surface area contributed by atoms with Crippen molar-refractivity contribution < 1.29 is 15.0 Å². The maximum atomic E-state index is 12.1. The molecule has 0 aromatic heterocycles. The predicted octanol–water partition coefficient (Wildman–Crippen LogP) is 2.97. The molecule has 0 radical (unpaired) electrons. The lowest BCUT2D eigenvalue weighted by Gasteiger charge is -2.10. The molecule has 2 rings (SSSR count). The highest BCUT2D eigenvalue weighted by Gasteiger charge is 2.12. The summed E-state index contributed by atoms with van der Waals surface area (Å²) in [4.78, 5) is 12.1. The second kappa shape index (κ2) is 5.02. The Hall–Kier alpha value is -2.49. The first-order valence-electron chi connectivity index (χ1n) is 5.88. The number of benzene rings is 2. The van der Waals surface area contributed by atoms with Crippen LogP contribution in [-0.4, -0.2) is 16.1 Å². The summed E-state index contributed by atoms with van der Waals surface area (Å²) in [5.41, 5.74) is 2.47. The maximum Gasteiger partial charge on any atom is 0.259 e. The van der Waals surface area contributed by atoms with E-state index in [1.54, 1.807) is 31.2 Å². The molecule has 0 bridgehead atoms. The summed E-state index contributed by atoms with van der Waals surface area (Å²) >= 11 is 0. The zero-order valence-electron chi connectivity index (χ0n) is 10.8. The molecule has 1 amide bonds. The van der Waals surface area contributed by atoms with Gasteiger partial charge in [-0.05, 0) is 49.7 Å². The minimum atomic E-state index is -0.380. The summed E-state index contributed by atoms with van der Waals surface area (Å²) in [6.07, 6.45) is 0. The van der Waals surface area contributed by atoms with E-state index in [2.05, 4.69) is 5.32 Å². The maximum absolute atomic E-state index is 12.1. The number of nitrogens with one attached hydrogen (secondary N) is 1. The number of phenolic OH excluding ortho intramolecular Hbond substituents is 2. The molecule has 2 aromatic carbocycles. The predicted molar refractivity (Wildman–Crippen MR) is 73.6 cm³/mol. The van der Waals surface area contributed by atoms with Crippen molar-refractivity contribution in [3.05, 3.63) is 53.1 Å². The summed E-state index contributed by atoms with van der Waals surface area (Å²) in [5, 5.41) is 21.7. The third-order valence-corrected chi connectivity index (χ3v) is 2.85. The molecule has 0 heterocycles. The zero-order chi connectivity index (χ0) is 14.0.